The number of nitrogens with one attached hydrogen (secondary N) is 1. The Hall–Kier alpha value is -0.260. The molecule has 5 heteroatoms. The molecule has 1 aliphatic carbocycles. The van der Waals surface area contributed by atoms with Crippen molar-refractivity contribution in [3.8, 4) is 0 Å². The summed E-state index contributed by atoms with van der Waals surface area (Å²) in [6.07, 6.45) is 3.01. The Morgan fingerprint density at radius 1 is 1.69 bits per heavy atom. The van der Waals surface area contributed by atoms with E-state index in [1.54, 1.807) is 11.8 Å². The molecule has 0 aromatic heterocycles. The molecule has 4 N–H and O–H groups in total. The maximum Gasteiger partial charge on any atom is 0.237 e. The number of carbonyl (C=O) groups is 1. The van der Waals surface area contributed by atoms with Gasteiger partial charge in [-0.05, 0) is 24.9 Å². The Morgan fingerprint density at radius 2 is 2.31 bits per heavy atom. The van der Waals surface area contributed by atoms with Crippen LogP contribution in [0.4, 0.5) is 0 Å². The predicted molar refractivity (Wildman–Crippen MR) is 67.3 cm³/mol. The highest BCUT2D eigenvalue weighted by Gasteiger charge is 2.48. The van der Waals surface area contributed by atoms with Crippen molar-refractivity contribution in [2.45, 2.75) is 44.9 Å². The summed E-state index contributed by atoms with van der Waals surface area (Å²) < 4.78 is 0. The Balaban J connectivity index is 2.35. The van der Waals surface area contributed by atoms with E-state index >= 15 is 0 Å². The van der Waals surface area contributed by atoms with E-state index in [4.69, 9.17) is 5.73 Å². The third-order valence-electron chi connectivity index (χ3n) is 3.50. The molecule has 1 aliphatic rings. The summed E-state index contributed by atoms with van der Waals surface area (Å²) in [4.78, 5) is 11.7. The van der Waals surface area contributed by atoms with Crippen LogP contribution in [0.15, 0.2) is 0 Å². The second-order valence-electron chi connectivity index (χ2n) is 5.02. The van der Waals surface area contributed by atoms with Gasteiger partial charge in [-0.1, -0.05) is 13.8 Å². The number of nitrogens with two attached hydrogens (primary N) is 1. The molecule has 0 bridgehead atoms. The number of hydrogen-bond donors (Lipinski definition) is 3. The van der Waals surface area contributed by atoms with E-state index in [1.165, 1.54) is 0 Å². The molecule has 4 nitrogen and oxygen atoms in total. The van der Waals surface area contributed by atoms with E-state index in [9.17, 15) is 9.90 Å². The van der Waals surface area contributed by atoms with E-state index in [0.717, 1.165) is 5.75 Å². The highest BCUT2D eigenvalue weighted by molar-refractivity contribution is 7.98. The maximum absolute atomic E-state index is 11.7. The van der Waals surface area contributed by atoms with E-state index in [1.807, 2.05) is 20.1 Å². The number of aliphatic hydroxyl groups is 1. The summed E-state index contributed by atoms with van der Waals surface area (Å²) in [7, 11) is 0. The molecule has 1 saturated carbocycles. The van der Waals surface area contributed by atoms with Gasteiger partial charge >= 0.3 is 0 Å². The first-order valence-electron chi connectivity index (χ1n) is 5.62. The summed E-state index contributed by atoms with van der Waals surface area (Å²) >= 11 is 1.69. The minimum Gasteiger partial charge on any atom is -0.392 e. The molecule has 1 fully saturated rings. The quantitative estimate of drug-likeness (QED) is 0.654. The molecule has 94 valence electrons. The molecule has 0 spiro atoms. The third kappa shape index (κ3) is 2.90. The SMILES string of the molecule is CSCC[C@@H](N)C(=O)NC1CC(O)C1(C)C. The number of rotatable bonds is 5. The number of thioether (sulfide) groups is 1. The fraction of sp³-hybridized carbons (Fsp3) is 0.909. The van der Waals surface area contributed by atoms with Gasteiger partial charge < -0.3 is 16.2 Å². The first-order chi connectivity index (χ1) is 7.39. The average Bonchev–Trinajstić information content (AvgIpc) is 2.25. The van der Waals surface area contributed by atoms with Gasteiger partial charge in [-0.2, -0.15) is 11.8 Å². The molecular weight excluding hydrogens is 224 g/mol. The van der Waals surface area contributed by atoms with Crippen molar-refractivity contribution in [3.63, 3.8) is 0 Å². The minimum atomic E-state index is -0.430. The lowest BCUT2D eigenvalue weighted by Gasteiger charge is -2.49. The smallest absolute Gasteiger partial charge is 0.237 e. The van der Waals surface area contributed by atoms with Gasteiger partial charge in [0.05, 0.1) is 12.1 Å². The number of amides is 1. The van der Waals surface area contributed by atoms with Crippen LogP contribution in [0.3, 0.4) is 0 Å². The van der Waals surface area contributed by atoms with Crippen LogP contribution in [0.1, 0.15) is 26.7 Å². The first-order valence-corrected chi connectivity index (χ1v) is 7.02. The first kappa shape index (κ1) is 13.8. The predicted octanol–water partition coefficient (Wildman–Crippen LogP) is 0.342. The monoisotopic (exact) mass is 246 g/mol. The lowest BCUT2D eigenvalue weighted by Crippen LogP contribution is -2.63. The van der Waals surface area contributed by atoms with Gasteiger partial charge in [-0.25, -0.2) is 0 Å². The summed E-state index contributed by atoms with van der Waals surface area (Å²) in [6, 6.07) is -0.378. The molecule has 1 amide bonds. The number of aliphatic hydroxyl groups excluding tert-OH is 1. The van der Waals surface area contributed by atoms with Gasteiger partial charge in [-0.15, -0.1) is 0 Å². The minimum absolute atomic E-state index is 0.0512. The lowest BCUT2D eigenvalue weighted by atomic mass is 9.64. The topological polar surface area (TPSA) is 75.4 Å². The average molecular weight is 246 g/mol. The van der Waals surface area contributed by atoms with E-state index in [-0.39, 0.29) is 23.5 Å². The second kappa shape index (κ2) is 5.38. The second-order valence-corrected chi connectivity index (χ2v) is 6.01. The van der Waals surface area contributed by atoms with Crippen LogP contribution in [0.2, 0.25) is 0 Å². The molecule has 0 heterocycles. The van der Waals surface area contributed by atoms with Crippen molar-refractivity contribution in [1.82, 2.24) is 5.32 Å². The van der Waals surface area contributed by atoms with Crippen molar-refractivity contribution in [1.29, 1.82) is 0 Å². The maximum atomic E-state index is 11.7. The van der Waals surface area contributed by atoms with Crippen LogP contribution >= 0.6 is 11.8 Å². The van der Waals surface area contributed by atoms with Gasteiger partial charge in [0, 0.05) is 11.5 Å². The Bertz CT molecular complexity index is 258. The molecule has 1 rings (SSSR count). The molecular formula is C11H22N2O2S. The van der Waals surface area contributed by atoms with Crippen LogP contribution in [-0.2, 0) is 4.79 Å². The van der Waals surface area contributed by atoms with Crippen molar-refractivity contribution in [2.75, 3.05) is 12.0 Å². The largest absolute Gasteiger partial charge is 0.392 e. The third-order valence-corrected chi connectivity index (χ3v) is 4.15. The Labute approximate surface area is 101 Å². The Kier molecular flexibility index (Phi) is 4.64. The van der Waals surface area contributed by atoms with Crippen molar-refractivity contribution >= 4 is 17.7 Å². The van der Waals surface area contributed by atoms with E-state index in [2.05, 4.69) is 5.32 Å². The zero-order valence-electron chi connectivity index (χ0n) is 10.2. The fourth-order valence-electron chi connectivity index (χ4n) is 1.80. The standard InChI is InChI=1S/C11H22N2O2S/c1-11(2)8(6-9(11)14)13-10(15)7(12)4-5-16-3/h7-9,14H,4-6,12H2,1-3H3,(H,13,15)/t7-,8?,9?/m1/s1. The van der Waals surface area contributed by atoms with Gasteiger partial charge in [-0.3, -0.25) is 4.79 Å². The molecule has 0 radical (unpaired) electrons. The molecule has 0 saturated heterocycles. The highest BCUT2D eigenvalue weighted by Crippen LogP contribution is 2.40. The van der Waals surface area contributed by atoms with Crippen molar-refractivity contribution in [2.24, 2.45) is 11.1 Å². The summed E-state index contributed by atoms with van der Waals surface area (Å²) in [5, 5.41) is 12.5. The molecule has 3 atom stereocenters. The number of carbonyl (C=O) groups excluding carboxylic acids is 1. The zero-order valence-corrected chi connectivity index (χ0v) is 11.0. The molecule has 0 aliphatic heterocycles. The fourth-order valence-corrected chi connectivity index (χ4v) is 2.29. The lowest BCUT2D eigenvalue weighted by molar-refractivity contribution is -0.130. The van der Waals surface area contributed by atoms with Gasteiger partial charge in [0.25, 0.3) is 0 Å². The molecule has 16 heavy (non-hydrogen) atoms. The van der Waals surface area contributed by atoms with Crippen molar-refractivity contribution in [3.05, 3.63) is 0 Å². The van der Waals surface area contributed by atoms with Crippen LogP contribution in [0.5, 0.6) is 0 Å². The van der Waals surface area contributed by atoms with Crippen LogP contribution in [0.25, 0.3) is 0 Å². The molecule has 0 aromatic carbocycles. The van der Waals surface area contributed by atoms with Gasteiger partial charge in [0.1, 0.15) is 0 Å². The van der Waals surface area contributed by atoms with Crippen molar-refractivity contribution < 1.29 is 9.90 Å². The van der Waals surface area contributed by atoms with Crippen LogP contribution in [-0.4, -0.2) is 41.2 Å². The van der Waals surface area contributed by atoms with E-state index in [0.29, 0.717) is 12.8 Å². The Morgan fingerprint density at radius 3 is 2.75 bits per heavy atom. The zero-order chi connectivity index (χ0) is 12.3. The molecule has 2 unspecified atom stereocenters. The molecule has 0 aromatic rings. The normalized spacial score (nSPS) is 29.3. The summed E-state index contributed by atoms with van der Waals surface area (Å²) in [6.45, 7) is 3.92. The van der Waals surface area contributed by atoms with Crippen LogP contribution < -0.4 is 11.1 Å². The summed E-state index contributed by atoms with van der Waals surface area (Å²) in [5.41, 5.74) is 5.54. The highest BCUT2D eigenvalue weighted by atomic mass is 32.2. The van der Waals surface area contributed by atoms with Crippen LogP contribution in [0, 0.1) is 5.41 Å². The van der Waals surface area contributed by atoms with E-state index < -0.39 is 6.04 Å². The van der Waals surface area contributed by atoms with Gasteiger partial charge in [0.15, 0.2) is 0 Å². The van der Waals surface area contributed by atoms with Gasteiger partial charge in [0.2, 0.25) is 5.91 Å². The summed E-state index contributed by atoms with van der Waals surface area (Å²) in [5.74, 6) is 0.796. The number of hydrogen-bond acceptors (Lipinski definition) is 4.